The predicted molar refractivity (Wildman–Crippen MR) is 73.3 cm³/mol. The molecule has 1 aliphatic rings. The first-order valence-corrected chi connectivity index (χ1v) is 6.94. The molecule has 6 nitrogen and oxygen atoms in total. The van der Waals surface area contributed by atoms with Crippen molar-refractivity contribution in [3.05, 3.63) is 29.6 Å². The smallest absolute Gasteiger partial charge is 0.381 e. The topological polar surface area (TPSA) is 94.3 Å². The monoisotopic (exact) mass is 331 g/mol. The van der Waals surface area contributed by atoms with Gasteiger partial charge in [-0.05, 0) is 25.0 Å². The summed E-state index contributed by atoms with van der Waals surface area (Å²) in [5.41, 5.74) is 3.42. The lowest BCUT2D eigenvalue weighted by molar-refractivity contribution is -0.141. The minimum absolute atomic E-state index is 0.00550. The summed E-state index contributed by atoms with van der Waals surface area (Å²) < 4.78 is 42.4. The number of nitrogens with one attached hydrogen (secondary N) is 1. The predicted octanol–water partition coefficient (Wildman–Crippen LogP) is 1.11. The molecule has 2 rings (SSSR count). The molecule has 23 heavy (non-hydrogen) atoms. The molecule has 2 amide bonds. The Morgan fingerprint density at radius 2 is 1.96 bits per heavy atom. The molecule has 0 aromatic carbocycles. The van der Waals surface area contributed by atoms with Crippen molar-refractivity contribution < 1.29 is 27.5 Å². The lowest BCUT2D eigenvalue weighted by Gasteiger charge is -2.34. The second-order valence-corrected chi connectivity index (χ2v) is 5.37. The number of hydrogen-bond acceptors (Lipinski definition) is 4. The molecule has 0 saturated carbocycles. The fourth-order valence-electron chi connectivity index (χ4n) is 2.32. The summed E-state index contributed by atoms with van der Waals surface area (Å²) in [4.78, 5) is 26.9. The van der Waals surface area contributed by atoms with Crippen molar-refractivity contribution in [3.8, 4) is 0 Å². The number of carbonyl (C=O) groups excluding carboxylic acids is 2. The van der Waals surface area contributed by atoms with Crippen LogP contribution < -0.4 is 11.1 Å². The first-order valence-electron chi connectivity index (χ1n) is 6.94. The van der Waals surface area contributed by atoms with Crippen LogP contribution in [0.2, 0.25) is 0 Å². The zero-order valence-electron chi connectivity index (χ0n) is 12.2. The van der Waals surface area contributed by atoms with E-state index in [9.17, 15) is 22.8 Å². The highest BCUT2D eigenvalue weighted by Crippen LogP contribution is 2.30. The summed E-state index contributed by atoms with van der Waals surface area (Å²) in [6.07, 6.45) is -2.95. The fourth-order valence-corrected chi connectivity index (χ4v) is 2.32. The quantitative estimate of drug-likeness (QED) is 0.864. The number of hydrogen-bond donors (Lipinski definition) is 2. The molecule has 1 aliphatic heterocycles. The number of nitrogens with two attached hydrogens (primary N) is 1. The lowest BCUT2D eigenvalue weighted by Crippen LogP contribution is -2.49. The number of carbonyl (C=O) groups is 2. The van der Waals surface area contributed by atoms with Gasteiger partial charge in [-0.25, -0.2) is 0 Å². The minimum Gasteiger partial charge on any atom is -0.381 e. The third kappa shape index (κ3) is 3.98. The van der Waals surface area contributed by atoms with E-state index < -0.39 is 29.1 Å². The highest BCUT2D eigenvalue weighted by atomic mass is 19.4. The summed E-state index contributed by atoms with van der Waals surface area (Å²) in [7, 11) is 0. The fraction of sp³-hybridized carbons (Fsp3) is 0.500. The Labute approximate surface area is 130 Å². The summed E-state index contributed by atoms with van der Waals surface area (Å²) in [6, 6.07) is 1.76. The molecule has 1 aromatic rings. The molecule has 0 radical (unpaired) electrons. The lowest BCUT2D eigenvalue weighted by atomic mass is 9.79. The molecule has 0 bridgehead atoms. The molecule has 1 fully saturated rings. The van der Waals surface area contributed by atoms with Gasteiger partial charge in [-0.2, -0.15) is 13.2 Å². The second kappa shape index (κ2) is 6.53. The molecule has 0 spiro atoms. The van der Waals surface area contributed by atoms with Crippen molar-refractivity contribution >= 4 is 11.8 Å². The van der Waals surface area contributed by atoms with Gasteiger partial charge < -0.3 is 15.8 Å². The van der Waals surface area contributed by atoms with E-state index in [0.717, 1.165) is 18.3 Å². The van der Waals surface area contributed by atoms with Gasteiger partial charge in [0.05, 0.1) is 11.0 Å². The van der Waals surface area contributed by atoms with Crippen LogP contribution in [0.1, 0.15) is 28.9 Å². The van der Waals surface area contributed by atoms with Gasteiger partial charge in [0.15, 0.2) is 0 Å². The van der Waals surface area contributed by atoms with E-state index >= 15 is 0 Å². The Morgan fingerprint density at radius 3 is 2.43 bits per heavy atom. The van der Waals surface area contributed by atoms with Crippen LogP contribution in [0.15, 0.2) is 18.3 Å². The summed E-state index contributed by atoms with van der Waals surface area (Å²) >= 11 is 0. The van der Waals surface area contributed by atoms with Gasteiger partial charge in [0, 0.05) is 26.0 Å². The van der Waals surface area contributed by atoms with E-state index in [-0.39, 0.29) is 12.1 Å². The highest BCUT2D eigenvalue weighted by molar-refractivity contribution is 5.94. The Hall–Kier alpha value is -2.16. The molecule has 126 valence electrons. The van der Waals surface area contributed by atoms with Crippen molar-refractivity contribution in [1.82, 2.24) is 10.3 Å². The maximum Gasteiger partial charge on any atom is 0.433 e. The number of ether oxygens (including phenoxy) is 1. The van der Waals surface area contributed by atoms with Gasteiger partial charge >= 0.3 is 6.18 Å². The van der Waals surface area contributed by atoms with Crippen molar-refractivity contribution in [2.75, 3.05) is 19.8 Å². The number of nitrogens with zero attached hydrogens (tertiary/aromatic N) is 1. The SMILES string of the molecule is NC(=O)C1(CNC(=O)c2ccc(C(F)(F)F)nc2)CCOCC1. The minimum atomic E-state index is -4.56. The van der Waals surface area contributed by atoms with Crippen LogP contribution in [-0.4, -0.2) is 36.6 Å². The summed E-state index contributed by atoms with van der Waals surface area (Å²) in [6.45, 7) is 0.729. The van der Waals surface area contributed by atoms with Crippen molar-refractivity contribution in [1.29, 1.82) is 0 Å². The molecular weight excluding hydrogens is 315 g/mol. The van der Waals surface area contributed by atoms with E-state index in [0.29, 0.717) is 26.1 Å². The normalized spacial score (nSPS) is 17.5. The molecule has 1 saturated heterocycles. The van der Waals surface area contributed by atoms with Crippen LogP contribution in [0.3, 0.4) is 0 Å². The molecule has 1 aromatic heterocycles. The van der Waals surface area contributed by atoms with E-state index in [4.69, 9.17) is 10.5 Å². The average Bonchev–Trinajstić information content (AvgIpc) is 2.52. The standard InChI is InChI=1S/C14H16F3N3O3/c15-14(16,17)10-2-1-9(7-19-10)11(21)20-8-13(12(18)22)3-5-23-6-4-13/h1-2,7H,3-6,8H2,(H2,18,22)(H,20,21). The van der Waals surface area contributed by atoms with Crippen LogP contribution in [0.25, 0.3) is 0 Å². The number of primary amides is 1. The molecule has 0 unspecified atom stereocenters. The summed E-state index contributed by atoms with van der Waals surface area (Å²) in [5, 5.41) is 2.53. The number of rotatable bonds is 4. The molecular formula is C14H16F3N3O3. The Bertz CT molecular complexity index is 581. The van der Waals surface area contributed by atoms with Crippen molar-refractivity contribution in [2.24, 2.45) is 11.1 Å². The number of pyridine rings is 1. The Balaban J connectivity index is 2.02. The van der Waals surface area contributed by atoms with Crippen LogP contribution in [0.4, 0.5) is 13.2 Å². The Morgan fingerprint density at radius 1 is 1.30 bits per heavy atom. The van der Waals surface area contributed by atoms with E-state index in [2.05, 4.69) is 10.3 Å². The van der Waals surface area contributed by atoms with Crippen LogP contribution in [0, 0.1) is 5.41 Å². The number of aromatic nitrogens is 1. The maximum absolute atomic E-state index is 12.4. The first-order chi connectivity index (χ1) is 10.7. The molecule has 3 N–H and O–H groups in total. The third-order valence-electron chi connectivity index (χ3n) is 3.88. The maximum atomic E-state index is 12.4. The zero-order valence-corrected chi connectivity index (χ0v) is 12.2. The van der Waals surface area contributed by atoms with Crippen LogP contribution in [-0.2, 0) is 15.7 Å². The third-order valence-corrected chi connectivity index (χ3v) is 3.88. The average molecular weight is 331 g/mol. The van der Waals surface area contributed by atoms with E-state index in [1.807, 2.05) is 0 Å². The molecule has 0 aliphatic carbocycles. The van der Waals surface area contributed by atoms with Crippen molar-refractivity contribution in [3.63, 3.8) is 0 Å². The summed E-state index contributed by atoms with van der Waals surface area (Å²) in [5.74, 6) is -1.15. The Kier molecular flexibility index (Phi) is 4.88. The van der Waals surface area contributed by atoms with Gasteiger partial charge in [0.25, 0.3) is 5.91 Å². The number of halogens is 3. The van der Waals surface area contributed by atoms with E-state index in [1.165, 1.54) is 0 Å². The molecule has 9 heteroatoms. The highest BCUT2D eigenvalue weighted by Gasteiger charge is 2.39. The van der Waals surface area contributed by atoms with Crippen LogP contribution in [0.5, 0.6) is 0 Å². The number of alkyl halides is 3. The number of amides is 2. The van der Waals surface area contributed by atoms with Gasteiger partial charge in [-0.3, -0.25) is 14.6 Å². The van der Waals surface area contributed by atoms with E-state index in [1.54, 1.807) is 0 Å². The van der Waals surface area contributed by atoms with Gasteiger partial charge in [0.1, 0.15) is 5.69 Å². The zero-order chi connectivity index (χ0) is 17.1. The first kappa shape index (κ1) is 17.2. The molecule has 0 atom stereocenters. The van der Waals surface area contributed by atoms with Gasteiger partial charge in [0.2, 0.25) is 5.91 Å². The van der Waals surface area contributed by atoms with Gasteiger partial charge in [-0.1, -0.05) is 0 Å². The molecule has 2 heterocycles. The largest absolute Gasteiger partial charge is 0.433 e. The second-order valence-electron chi connectivity index (χ2n) is 5.37. The van der Waals surface area contributed by atoms with Crippen LogP contribution >= 0.6 is 0 Å². The van der Waals surface area contributed by atoms with Gasteiger partial charge in [-0.15, -0.1) is 0 Å². The van der Waals surface area contributed by atoms with Crippen molar-refractivity contribution in [2.45, 2.75) is 19.0 Å².